The molecule has 0 aromatic heterocycles. The van der Waals surface area contributed by atoms with Crippen LogP contribution in [0.4, 0.5) is 4.79 Å². The van der Waals surface area contributed by atoms with Crippen molar-refractivity contribution in [3.8, 4) is 0 Å². The summed E-state index contributed by atoms with van der Waals surface area (Å²) in [7, 11) is 0. The van der Waals surface area contributed by atoms with Gasteiger partial charge in [-0.3, -0.25) is 9.59 Å². The highest BCUT2D eigenvalue weighted by Gasteiger charge is 2.28. The van der Waals surface area contributed by atoms with Crippen LogP contribution in [0.15, 0.2) is 0 Å². The van der Waals surface area contributed by atoms with Crippen LogP contribution >= 0.6 is 0 Å². The smallest absolute Gasteiger partial charge is 0.483 e. The van der Waals surface area contributed by atoms with Gasteiger partial charge in [-0.1, -0.05) is 0 Å². The molecule has 0 aliphatic heterocycles. The molecule has 0 aromatic carbocycles. The van der Waals surface area contributed by atoms with Crippen LogP contribution in [0, 0.1) is 5.41 Å². The Hall–Kier alpha value is -1.59. The molecule has 0 aliphatic rings. The summed E-state index contributed by atoms with van der Waals surface area (Å²) in [4.78, 5) is 30.6. The maximum Gasteiger partial charge on any atom is 0.516 e. The Morgan fingerprint density at radius 2 is 1.41 bits per heavy atom. The van der Waals surface area contributed by atoms with Gasteiger partial charge in [-0.25, -0.2) is 4.79 Å². The second kappa shape index (κ2) is 6.88. The molecule has 1 N–H and O–H groups in total. The molecule has 0 fully saturated rings. The summed E-state index contributed by atoms with van der Waals surface area (Å²) in [6.45, 7) is 9.86. The first-order valence-corrected chi connectivity index (χ1v) is 4.97. The summed E-state index contributed by atoms with van der Waals surface area (Å²) >= 11 is 0. The van der Waals surface area contributed by atoms with E-state index in [1.807, 2.05) is 0 Å². The lowest BCUT2D eigenvalue weighted by atomic mass is 9.98. The topological polar surface area (TPSA) is 89.9 Å². The average molecular weight is 248 g/mol. The molecule has 0 unspecified atom stereocenters. The van der Waals surface area contributed by atoms with Gasteiger partial charge in [0.25, 0.3) is 6.47 Å². The molecule has 0 radical (unpaired) electrons. The average Bonchev–Trinajstić information content (AvgIpc) is 1.99. The first-order valence-electron chi connectivity index (χ1n) is 4.97. The largest absolute Gasteiger partial charge is 0.516 e. The fraction of sp³-hybridized carbons (Fsp3) is 0.727. The SMILES string of the molecule is CC(C)(C)OC(=O)OC(=O)C(C)(C)C.O=CO. The van der Waals surface area contributed by atoms with E-state index in [0.29, 0.717) is 0 Å². The summed E-state index contributed by atoms with van der Waals surface area (Å²) < 4.78 is 9.31. The molecule has 0 saturated heterocycles. The van der Waals surface area contributed by atoms with Gasteiger partial charge in [-0.15, -0.1) is 0 Å². The monoisotopic (exact) mass is 248 g/mol. The first-order chi connectivity index (χ1) is 7.44. The Morgan fingerprint density at radius 1 is 1.06 bits per heavy atom. The molecule has 100 valence electrons. The highest BCUT2D eigenvalue weighted by Crippen LogP contribution is 2.16. The second-order valence-corrected chi connectivity index (χ2v) is 5.21. The standard InChI is InChI=1S/C10H18O4.CH2O2/c1-9(2,3)7(11)13-8(12)14-10(4,5)6;2-1-3/h1-6H3;1H,(H,2,3). The lowest BCUT2D eigenvalue weighted by Gasteiger charge is -2.20. The molecule has 17 heavy (non-hydrogen) atoms. The van der Waals surface area contributed by atoms with Crippen LogP contribution in [0.3, 0.4) is 0 Å². The van der Waals surface area contributed by atoms with Crippen molar-refractivity contribution < 1.29 is 29.0 Å². The number of carbonyl (C=O) groups is 3. The third-order valence-electron chi connectivity index (χ3n) is 1.18. The van der Waals surface area contributed by atoms with Crippen LogP contribution in [0.25, 0.3) is 0 Å². The third-order valence-corrected chi connectivity index (χ3v) is 1.18. The molecular weight excluding hydrogens is 228 g/mol. The van der Waals surface area contributed by atoms with Crippen molar-refractivity contribution in [3.05, 3.63) is 0 Å². The maximum atomic E-state index is 11.2. The zero-order valence-electron chi connectivity index (χ0n) is 11.1. The van der Waals surface area contributed by atoms with Crippen molar-refractivity contribution in [2.24, 2.45) is 5.41 Å². The molecule has 0 aromatic rings. The number of hydrogen-bond donors (Lipinski definition) is 1. The van der Waals surface area contributed by atoms with Crippen LogP contribution in [-0.4, -0.2) is 29.3 Å². The zero-order valence-corrected chi connectivity index (χ0v) is 11.1. The van der Waals surface area contributed by atoms with Gasteiger partial charge in [0.1, 0.15) is 5.60 Å². The second-order valence-electron chi connectivity index (χ2n) is 5.21. The van der Waals surface area contributed by atoms with Gasteiger partial charge in [0, 0.05) is 0 Å². The van der Waals surface area contributed by atoms with E-state index in [9.17, 15) is 9.59 Å². The Labute approximate surface area is 101 Å². The minimum absolute atomic E-state index is 0.250. The number of ether oxygens (including phenoxy) is 2. The summed E-state index contributed by atoms with van der Waals surface area (Å²) in [6.07, 6.45) is -0.947. The fourth-order valence-corrected chi connectivity index (χ4v) is 0.500. The van der Waals surface area contributed by atoms with Crippen molar-refractivity contribution in [3.63, 3.8) is 0 Å². The predicted molar refractivity (Wildman–Crippen MR) is 60.5 cm³/mol. The van der Waals surface area contributed by atoms with E-state index in [1.54, 1.807) is 41.5 Å². The number of esters is 1. The normalized spacial score (nSPS) is 10.7. The Bertz CT molecular complexity index is 269. The molecular formula is C11H20O6. The molecule has 0 saturated carbocycles. The molecule has 6 nitrogen and oxygen atoms in total. The number of hydrogen-bond acceptors (Lipinski definition) is 5. The van der Waals surface area contributed by atoms with Gasteiger partial charge >= 0.3 is 12.1 Å². The quantitative estimate of drug-likeness (QED) is 0.401. The van der Waals surface area contributed by atoms with Crippen LogP contribution < -0.4 is 0 Å². The minimum Gasteiger partial charge on any atom is -0.483 e. The van der Waals surface area contributed by atoms with Crippen molar-refractivity contribution in [1.82, 2.24) is 0 Å². The zero-order chi connectivity index (χ0) is 14.3. The van der Waals surface area contributed by atoms with Crippen LogP contribution in [0.5, 0.6) is 0 Å². The van der Waals surface area contributed by atoms with Gasteiger partial charge in [0.2, 0.25) is 0 Å². The molecule has 6 heteroatoms. The van der Waals surface area contributed by atoms with E-state index in [2.05, 4.69) is 4.74 Å². The van der Waals surface area contributed by atoms with E-state index in [0.717, 1.165) is 0 Å². The van der Waals surface area contributed by atoms with E-state index in [1.165, 1.54) is 0 Å². The summed E-state index contributed by atoms with van der Waals surface area (Å²) in [5.41, 5.74) is -1.34. The minimum atomic E-state index is -0.947. The maximum absolute atomic E-state index is 11.2. The molecule has 0 atom stereocenters. The number of carboxylic acid groups (broad SMARTS) is 1. The molecule has 0 rings (SSSR count). The van der Waals surface area contributed by atoms with Crippen molar-refractivity contribution in [1.29, 1.82) is 0 Å². The van der Waals surface area contributed by atoms with E-state index in [4.69, 9.17) is 14.6 Å². The third kappa shape index (κ3) is 12.3. The molecule has 0 heterocycles. The summed E-state index contributed by atoms with van der Waals surface area (Å²) in [5.74, 6) is -0.591. The fourth-order valence-electron chi connectivity index (χ4n) is 0.500. The molecule has 0 spiro atoms. The lowest BCUT2D eigenvalue weighted by molar-refractivity contribution is -0.150. The van der Waals surface area contributed by atoms with Gasteiger partial charge in [-0.05, 0) is 41.5 Å². The highest BCUT2D eigenvalue weighted by atomic mass is 16.7. The molecule has 0 amide bonds. The Balaban J connectivity index is 0. The van der Waals surface area contributed by atoms with Gasteiger partial charge in [-0.2, -0.15) is 0 Å². The van der Waals surface area contributed by atoms with Gasteiger partial charge < -0.3 is 14.6 Å². The molecule has 0 bridgehead atoms. The van der Waals surface area contributed by atoms with Crippen LogP contribution in [0.2, 0.25) is 0 Å². The van der Waals surface area contributed by atoms with E-state index in [-0.39, 0.29) is 6.47 Å². The number of carbonyl (C=O) groups excluding carboxylic acids is 2. The van der Waals surface area contributed by atoms with Gasteiger partial charge in [0.05, 0.1) is 5.41 Å². The Morgan fingerprint density at radius 3 is 1.65 bits per heavy atom. The van der Waals surface area contributed by atoms with Crippen LogP contribution in [-0.2, 0) is 19.1 Å². The highest BCUT2D eigenvalue weighted by molar-refractivity contribution is 5.85. The molecule has 0 aliphatic carbocycles. The number of rotatable bonds is 0. The van der Waals surface area contributed by atoms with Crippen molar-refractivity contribution >= 4 is 18.6 Å². The lowest BCUT2D eigenvalue weighted by Crippen LogP contribution is -2.30. The summed E-state index contributed by atoms with van der Waals surface area (Å²) in [6, 6.07) is 0. The predicted octanol–water partition coefficient (Wildman–Crippen LogP) is 2.21. The first kappa shape index (κ1) is 17.8. The van der Waals surface area contributed by atoms with E-state index < -0.39 is 23.1 Å². The summed E-state index contributed by atoms with van der Waals surface area (Å²) in [5, 5.41) is 6.89. The van der Waals surface area contributed by atoms with Crippen molar-refractivity contribution in [2.75, 3.05) is 0 Å². The van der Waals surface area contributed by atoms with Crippen molar-refractivity contribution in [2.45, 2.75) is 47.1 Å². The Kier molecular flexibility index (Phi) is 7.20. The van der Waals surface area contributed by atoms with E-state index >= 15 is 0 Å². The van der Waals surface area contributed by atoms with Gasteiger partial charge in [0.15, 0.2) is 0 Å². The van der Waals surface area contributed by atoms with Crippen LogP contribution in [0.1, 0.15) is 41.5 Å².